The number of hydrogen-bond acceptors (Lipinski definition) is 4. The van der Waals surface area contributed by atoms with E-state index in [9.17, 15) is 4.79 Å². The van der Waals surface area contributed by atoms with Gasteiger partial charge in [0.1, 0.15) is 11.4 Å². The Kier molecular flexibility index (Phi) is 5.28. The second-order valence-corrected chi connectivity index (χ2v) is 7.41. The lowest BCUT2D eigenvalue weighted by Gasteiger charge is -2.29. The van der Waals surface area contributed by atoms with Gasteiger partial charge in [-0.2, -0.15) is 5.10 Å². The second-order valence-electron chi connectivity index (χ2n) is 7.41. The van der Waals surface area contributed by atoms with Crippen LogP contribution in [0.4, 0.5) is 0 Å². The van der Waals surface area contributed by atoms with Crippen molar-refractivity contribution in [3.05, 3.63) is 54.0 Å². The molecule has 1 aliphatic rings. The first-order chi connectivity index (χ1) is 13.6. The van der Waals surface area contributed by atoms with Crippen molar-refractivity contribution in [1.82, 2.24) is 20.1 Å². The first-order valence-electron chi connectivity index (χ1n) is 9.99. The van der Waals surface area contributed by atoms with Crippen LogP contribution in [-0.2, 0) is 6.54 Å². The van der Waals surface area contributed by atoms with Gasteiger partial charge in [-0.3, -0.25) is 14.5 Å². The van der Waals surface area contributed by atoms with E-state index < -0.39 is 0 Å². The highest BCUT2D eigenvalue weighted by Crippen LogP contribution is 2.26. The number of pyridine rings is 1. The van der Waals surface area contributed by atoms with E-state index in [1.54, 1.807) is 10.9 Å². The van der Waals surface area contributed by atoms with Crippen LogP contribution in [-0.4, -0.2) is 32.8 Å². The van der Waals surface area contributed by atoms with Crippen LogP contribution in [0.15, 0.2) is 42.6 Å². The number of carbonyl (C=O) groups excluding carboxylic acids is 1. The summed E-state index contributed by atoms with van der Waals surface area (Å²) in [5.74, 6) is 0.851. The first-order valence-corrected chi connectivity index (χ1v) is 9.99. The molecular weight excluding hydrogens is 352 g/mol. The van der Waals surface area contributed by atoms with Gasteiger partial charge in [0.05, 0.1) is 17.3 Å². The molecule has 1 N–H and O–H groups in total. The van der Waals surface area contributed by atoms with E-state index in [2.05, 4.69) is 15.4 Å². The highest BCUT2D eigenvalue weighted by molar-refractivity contribution is 5.92. The molecule has 3 aromatic rings. The summed E-state index contributed by atoms with van der Waals surface area (Å²) in [6.07, 6.45) is 5.69. The van der Waals surface area contributed by atoms with Gasteiger partial charge >= 0.3 is 0 Å². The fraction of sp³-hybridized carbons (Fsp3) is 0.409. The Hall–Kier alpha value is -2.89. The molecule has 6 nitrogen and oxygen atoms in total. The van der Waals surface area contributed by atoms with Crippen molar-refractivity contribution in [2.75, 3.05) is 0 Å². The van der Waals surface area contributed by atoms with Gasteiger partial charge in [0.2, 0.25) is 0 Å². The van der Waals surface area contributed by atoms with Gasteiger partial charge < -0.3 is 10.1 Å². The number of carbonyl (C=O) groups is 1. The van der Waals surface area contributed by atoms with Crippen LogP contribution in [0.3, 0.4) is 0 Å². The number of aryl methyl sites for hydroxylation is 2. The summed E-state index contributed by atoms with van der Waals surface area (Å²) in [5, 5.41) is 8.61. The molecule has 1 aliphatic carbocycles. The Balaban J connectivity index is 1.32. The molecule has 4 rings (SSSR count). The minimum absolute atomic E-state index is 0.0335. The lowest BCUT2D eigenvalue weighted by atomic mass is 9.92. The maximum atomic E-state index is 12.6. The van der Waals surface area contributed by atoms with E-state index in [1.807, 2.05) is 50.2 Å². The van der Waals surface area contributed by atoms with E-state index in [4.69, 9.17) is 4.74 Å². The summed E-state index contributed by atoms with van der Waals surface area (Å²) in [7, 11) is 0. The minimum atomic E-state index is -0.0335. The highest BCUT2D eigenvalue weighted by Gasteiger charge is 2.25. The molecule has 0 atom stereocenters. The summed E-state index contributed by atoms with van der Waals surface area (Å²) in [5.41, 5.74) is 2.49. The number of hydrogen-bond donors (Lipinski definition) is 1. The van der Waals surface area contributed by atoms with Crippen LogP contribution < -0.4 is 10.1 Å². The van der Waals surface area contributed by atoms with Gasteiger partial charge in [0.25, 0.3) is 5.91 Å². The number of benzene rings is 1. The van der Waals surface area contributed by atoms with Crippen LogP contribution in [0.25, 0.3) is 10.9 Å². The zero-order valence-electron chi connectivity index (χ0n) is 16.4. The molecule has 0 spiro atoms. The lowest BCUT2D eigenvalue weighted by Crippen LogP contribution is -2.40. The Bertz CT molecular complexity index is 974. The van der Waals surface area contributed by atoms with Crippen molar-refractivity contribution in [2.24, 2.45) is 0 Å². The third-order valence-corrected chi connectivity index (χ3v) is 5.32. The molecule has 2 heterocycles. The largest absolute Gasteiger partial charge is 0.490 e. The molecule has 1 aromatic carbocycles. The third-order valence-electron chi connectivity index (χ3n) is 5.32. The molecule has 146 valence electrons. The Morgan fingerprint density at radius 1 is 1.21 bits per heavy atom. The average molecular weight is 378 g/mol. The van der Waals surface area contributed by atoms with Crippen molar-refractivity contribution in [2.45, 2.75) is 58.2 Å². The summed E-state index contributed by atoms with van der Waals surface area (Å²) < 4.78 is 7.94. The lowest BCUT2D eigenvalue weighted by molar-refractivity contribution is 0.0883. The zero-order chi connectivity index (χ0) is 19.5. The molecule has 28 heavy (non-hydrogen) atoms. The van der Waals surface area contributed by atoms with Crippen LogP contribution >= 0.6 is 0 Å². The number of amides is 1. The van der Waals surface area contributed by atoms with Crippen LogP contribution in [0.2, 0.25) is 0 Å². The van der Waals surface area contributed by atoms with Crippen molar-refractivity contribution < 1.29 is 9.53 Å². The van der Waals surface area contributed by atoms with Gasteiger partial charge in [-0.1, -0.05) is 6.07 Å². The average Bonchev–Trinajstić information content (AvgIpc) is 3.10. The van der Waals surface area contributed by atoms with Crippen molar-refractivity contribution in [3.63, 3.8) is 0 Å². The Morgan fingerprint density at radius 3 is 2.82 bits per heavy atom. The van der Waals surface area contributed by atoms with E-state index in [0.717, 1.165) is 48.0 Å². The predicted octanol–water partition coefficient (Wildman–Crippen LogP) is 3.88. The normalized spacial score (nSPS) is 19.5. The minimum Gasteiger partial charge on any atom is -0.490 e. The van der Waals surface area contributed by atoms with E-state index in [1.165, 1.54) is 0 Å². The molecule has 1 saturated carbocycles. The maximum absolute atomic E-state index is 12.6. The monoisotopic (exact) mass is 378 g/mol. The van der Waals surface area contributed by atoms with Gasteiger partial charge in [0, 0.05) is 24.2 Å². The topological polar surface area (TPSA) is 69.0 Å². The van der Waals surface area contributed by atoms with Crippen LogP contribution in [0, 0.1) is 6.92 Å². The van der Waals surface area contributed by atoms with Crippen molar-refractivity contribution in [1.29, 1.82) is 0 Å². The number of aromatic nitrogens is 3. The van der Waals surface area contributed by atoms with E-state index >= 15 is 0 Å². The Labute approximate surface area is 164 Å². The SMILES string of the molecule is CCn1nc(C)cc1C(=O)NC1CCC(Oc2ccc3ncccc3c2)CC1. The molecule has 0 bridgehead atoms. The smallest absolute Gasteiger partial charge is 0.269 e. The molecule has 6 heteroatoms. The summed E-state index contributed by atoms with van der Waals surface area (Å²) in [4.78, 5) is 16.9. The fourth-order valence-electron chi connectivity index (χ4n) is 3.87. The maximum Gasteiger partial charge on any atom is 0.269 e. The fourth-order valence-corrected chi connectivity index (χ4v) is 3.87. The highest BCUT2D eigenvalue weighted by atomic mass is 16.5. The van der Waals surface area contributed by atoms with E-state index in [0.29, 0.717) is 12.2 Å². The molecule has 2 aromatic heterocycles. The first kappa shape index (κ1) is 18.5. The van der Waals surface area contributed by atoms with Crippen LogP contribution in [0.5, 0.6) is 5.75 Å². The third kappa shape index (κ3) is 4.01. The number of fused-ring (bicyclic) bond motifs is 1. The molecule has 1 fully saturated rings. The molecule has 0 unspecified atom stereocenters. The van der Waals surface area contributed by atoms with Gasteiger partial charge in [-0.05, 0) is 69.9 Å². The number of nitrogens with one attached hydrogen (secondary N) is 1. The standard InChI is InChI=1S/C22H26N4O2/c1-3-26-21(13-15(2)25-26)22(27)24-17-6-8-18(9-7-17)28-19-10-11-20-16(14-19)5-4-12-23-20/h4-5,10-14,17-18H,3,6-9H2,1-2H3,(H,24,27). The summed E-state index contributed by atoms with van der Waals surface area (Å²) in [6.45, 7) is 4.60. The number of nitrogens with zero attached hydrogens (tertiary/aromatic N) is 3. The van der Waals surface area contributed by atoms with Crippen LogP contribution in [0.1, 0.15) is 48.8 Å². The quantitative estimate of drug-likeness (QED) is 0.731. The Morgan fingerprint density at radius 2 is 2.04 bits per heavy atom. The summed E-state index contributed by atoms with van der Waals surface area (Å²) >= 11 is 0. The molecular formula is C22H26N4O2. The second kappa shape index (κ2) is 8.00. The molecule has 1 amide bonds. The molecule has 0 aliphatic heterocycles. The predicted molar refractivity (Wildman–Crippen MR) is 109 cm³/mol. The van der Waals surface area contributed by atoms with Crippen molar-refractivity contribution >= 4 is 16.8 Å². The summed E-state index contributed by atoms with van der Waals surface area (Å²) in [6, 6.07) is 12.0. The van der Waals surface area contributed by atoms with Gasteiger partial charge in [-0.15, -0.1) is 0 Å². The van der Waals surface area contributed by atoms with E-state index in [-0.39, 0.29) is 18.1 Å². The molecule has 0 radical (unpaired) electrons. The van der Waals surface area contributed by atoms with Gasteiger partial charge in [0.15, 0.2) is 0 Å². The van der Waals surface area contributed by atoms with Gasteiger partial charge in [-0.25, -0.2) is 0 Å². The zero-order valence-corrected chi connectivity index (χ0v) is 16.4. The number of ether oxygens (including phenoxy) is 1. The number of rotatable bonds is 5. The molecule has 0 saturated heterocycles. The van der Waals surface area contributed by atoms with Crippen molar-refractivity contribution in [3.8, 4) is 5.75 Å².